The summed E-state index contributed by atoms with van der Waals surface area (Å²) in [5.74, 6) is 0. The number of nitrogens with one attached hydrogen (secondary N) is 1. The van der Waals surface area contributed by atoms with Crippen molar-refractivity contribution in [2.45, 2.75) is 19.6 Å². The molecule has 3 nitrogen and oxygen atoms in total. The summed E-state index contributed by atoms with van der Waals surface area (Å²) < 4.78 is 35.0. The minimum Gasteiger partial charge on any atom is -0.292 e. The Morgan fingerprint density at radius 2 is 2.20 bits per heavy atom. The smallest absolute Gasteiger partial charge is 0.292 e. The van der Waals surface area contributed by atoms with Crippen molar-refractivity contribution in [1.82, 2.24) is 10.5 Å². The van der Waals surface area contributed by atoms with Gasteiger partial charge in [-0.1, -0.05) is 6.07 Å². The van der Waals surface area contributed by atoms with E-state index in [1.165, 1.54) is 0 Å². The Morgan fingerprint density at radius 3 is 2.80 bits per heavy atom. The summed E-state index contributed by atoms with van der Waals surface area (Å²) in [6, 6.07) is 3.59. The van der Waals surface area contributed by atoms with Crippen LogP contribution in [0.4, 0.5) is 13.2 Å². The maximum Gasteiger partial charge on any atom is 0.413 e. The number of pyridine rings is 1. The molecule has 1 N–H and O–H groups in total. The summed E-state index contributed by atoms with van der Waals surface area (Å²) in [6.45, 7) is 0.676. The summed E-state index contributed by atoms with van der Waals surface area (Å²) in [6.07, 6.45) is -2.74. The molecule has 0 atom stereocenters. The van der Waals surface area contributed by atoms with E-state index in [0.717, 1.165) is 5.56 Å². The molecule has 0 unspecified atom stereocenters. The van der Waals surface area contributed by atoms with Crippen LogP contribution in [-0.4, -0.2) is 17.8 Å². The van der Waals surface area contributed by atoms with Crippen LogP contribution in [-0.2, 0) is 11.4 Å². The standard InChI is InChI=1S/C9H11F3N2O/c1-7-3-2-4-13-8(7)5-14-15-6-9(10,11)12/h2-4,14H,5-6H2,1H3. The van der Waals surface area contributed by atoms with E-state index in [9.17, 15) is 13.2 Å². The summed E-state index contributed by atoms with van der Waals surface area (Å²) >= 11 is 0. The van der Waals surface area contributed by atoms with Gasteiger partial charge in [-0.25, -0.2) is 0 Å². The molecule has 0 aliphatic carbocycles. The van der Waals surface area contributed by atoms with Crippen LogP contribution >= 0.6 is 0 Å². The number of aromatic nitrogens is 1. The fourth-order valence-electron chi connectivity index (χ4n) is 0.956. The highest BCUT2D eigenvalue weighted by molar-refractivity contribution is 5.16. The number of hydroxylamine groups is 1. The fraction of sp³-hybridized carbons (Fsp3) is 0.444. The lowest BCUT2D eigenvalue weighted by Crippen LogP contribution is -2.24. The van der Waals surface area contributed by atoms with E-state index in [1.807, 2.05) is 13.0 Å². The van der Waals surface area contributed by atoms with Gasteiger partial charge in [0.05, 0.1) is 12.2 Å². The summed E-state index contributed by atoms with van der Waals surface area (Å²) in [5, 5.41) is 0. The van der Waals surface area contributed by atoms with Gasteiger partial charge < -0.3 is 0 Å². The molecule has 84 valence electrons. The van der Waals surface area contributed by atoms with E-state index in [4.69, 9.17) is 0 Å². The Balaban J connectivity index is 2.30. The number of hydrogen-bond acceptors (Lipinski definition) is 3. The summed E-state index contributed by atoms with van der Waals surface area (Å²) in [4.78, 5) is 8.23. The van der Waals surface area contributed by atoms with Crippen molar-refractivity contribution in [1.29, 1.82) is 0 Å². The van der Waals surface area contributed by atoms with Gasteiger partial charge in [-0.05, 0) is 18.6 Å². The molecule has 0 radical (unpaired) electrons. The molecule has 1 rings (SSSR count). The van der Waals surface area contributed by atoms with E-state index < -0.39 is 12.8 Å². The first-order chi connectivity index (χ1) is 6.99. The Hall–Kier alpha value is -1.14. The van der Waals surface area contributed by atoms with Gasteiger partial charge in [0.25, 0.3) is 0 Å². The second-order valence-corrected chi connectivity index (χ2v) is 2.99. The lowest BCUT2D eigenvalue weighted by atomic mass is 10.2. The van der Waals surface area contributed by atoms with E-state index in [-0.39, 0.29) is 6.54 Å². The van der Waals surface area contributed by atoms with Crippen molar-refractivity contribution >= 4 is 0 Å². The van der Waals surface area contributed by atoms with Crippen LogP contribution in [0.25, 0.3) is 0 Å². The van der Waals surface area contributed by atoms with Crippen molar-refractivity contribution < 1.29 is 18.0 Å². The first-order valence-electron chi connectivity index (χ1n) is 4.31. The number of alkyl halides is 3. The Kier molecular flexibility index (Phi) is 4.05. The zero-order valence-corrected chi connectivity index (χ0v) is 8.14. The van der Waals surface area contributed by atoms with E-state index in [0.29, 0.717) is 5.69 Å². The van der Waals surface area contributed by atoms with Crippen LogP contribution < -0.4 is 5.48 Å². The Bertz CT molecular complexity index is 314. The van der Waals surface area contributed by atoms with Crippen LogP contribution in [0.2, 0.25) is 0 Å². The van der Waals surface area contributed by atoms with Crippen molar-refractivity contribution in [3.05, 3.63) is 29.6 Å². The lowest BCUT2D eigenvalue weighted by Gasteiger charge is -2.09. The lowest BCUT2D eigenvalue weighted by molar-refractivity contribution is -0.190. The third-order valence-electron chi connectivity index (χ3n) is 1.70. The van der Waals surface area contributed by atoms with Gasteiger partial charge in [-0.15, -0.1) is 0 Å². The third-order valence-corrected chi connectivity index (χ3v) is 1.70. The van der Waals surface area contributed by atoms with E-state index in [1.54, 1.807) is 12.3 Å². The molecule has 0 saturated heterocycles. The average molecular weight is 220 g/mol. The average Bonchev–Trinajstić information content (AvgIpc) is 2.13. The summed E-state index contributed by atoms with van der Waals surface area (Å²) in [5.41, 5.74) is 3.79. The monoisotopic (exact) mass is 220 g/mol. The van der Waals surface area contributed by atoms with Crippen LogP contribution in [0.1, 0.15) is 11.3 Å². The largest absolute Gasteiger partial charge is 0.413 e. The van der Waals surface area contributed by atoms with Crippen LogP contribution in [0.15, 0.2) is 18.3 Å². The van der Waals surface area contributed by atoms with E-state index >= 15 is 0 Å². The van der Waals surface area contributed by atoms with Gasteiger partial charge in [0.2, 0.25) is 0 Å². The van der Waals surface area contributed by atoms with Gasteiger partial charge in [-0.2, -0.15) is 18.7 Å². The zero-order chi connectivity index (χ0) is 11.3. The number of halogens is 3. The number of hydrogen-bond donors (Lipinski definition) is 1. The third kappa shape index (κ3) is 4.75. The molecule has 0 aromatic carbocycles. The highest BCUT2D eigenvalue weighted by Crippen LogP contribution is 2.13. The van der Waals surface area contributed by atoms with Crippen molar-refractivity contribution in [2.24, 2.45) is 0 Å². The molecular formula is C9H11F3N2O. The van der Waals surface area contributed by atoms with Gasteiger partial charge in [0.15, 0.2) is 6.61 Å². The molecule has 0 fully saturated rings. The second-order valence-electron chi connectivity index (χ2n) is 2.99. The first kappa shape index (κ1) is 11.9. The van der Waals surface area contributed by atoms with Crippen LogP contribution in [0.3, 0.4) is 0 Å². The minimum absolute atomic E-state index is 0.156. The second kappa shape index (κ2) is 5.09. The molecule has 0 bridgehead atoms. The summed E-state index contributed by atoms with van der Waals surface area (Å²) in [7, 11) is 0. The Morgan fingerprint density at radius 1 is 1.47 bits per heavy atom. The van der Waals surface area contributed by atoms with Crippen molar-refractivity contribution in [3.63, 3.8) is 0 Å². The minimum atomic E-state index is -4.31. The molecule has 0 aliphatic heterocycles. The highest BCUT2D eigenvalue weighted by atomic mass is 19.4. The maximum atomic E-state index is 11.7. The molecule has 0 amide bonds. The molecular weight excluding hydrogens is 209 g/mol. The number of rotatable bonds is 4. The Labute approximate surface area is 85.2 Å². The molecule has 6 heteroatoms. The van der Waals surface area contributed by atoms with Crippen LogP contribution in [0.5, 0.6) is 0 Å². The van der Waals surface area contributed by atoms with Crippen molar-refractivity contribution in [2.75, 3.05) is 6.61 Å². The van der Waals surface area contributed by atoms with Gasteiger partial charge in [-0.3, -0.25) is 9.82 Å². The van der Waals surface area contributed by atoms with E-state index in [2.05, 4.69) is 15.3 Å². The molecule has 1 aromatic rings. The number of nitrogens with zero attached hydrogens (tertiary/aromatic N) is 1. The molecule has 1 heterocycles. The topological polar surface area (TPSA) is 34.2 Å². The molecule has 0 saturated carbocycles. The predicted octanol–water partition coefficient (Wildman–Crippen LogP) is 1.97. The van der Waals surface area contributed by atoms with Gasteiger partial charge in [0.1, 0.15) is 0 Å². The molecule has 0 aliphatic rings. The fourth-order valence-corrected chi connectivity index (χ4v) is 0.956. The SMILES string of the molecule is Cc1cccnc1CNOCC(F)(F)F. The van der Waals surface area contributed by atoms with Gasteiger partial charge in [0, 0.05) is 6.20 Å². The molecule has 15 heavy (non-hydrogen) atoms. The highest BCUT2D eigenvalue weighted by Gasteiger charge is 2.27. The maximum absolute atomic E-state index is 11.7. The quantitative estimate of drug-likeness (QED) is 0.622. The normalized spacial score (nSPS) is 11.7. The van der Waals surface area contributed by atoms with Gasteiger partial charge >= 0.3 is 6.18 Å². The number of aryl methyl sites for hydroxylation is 1. The first-order valence-corrected chi connectivity index (χ1v) is 4.31. The van der Waals surface area contributed by atoms with Crippen molar-refractivity contribution in [3.8, 4) is 0 Å². The zero-order valence-electron chi connectivity index (χ0n) is 8.14. The van der Waals surface area contributed by atoms with Crippen LogP contribution in [0, 0.1) is 6.92 Å². The molecule has 0 spiro atoms. The molecule has 1 aromatic heterocycles. The predicted molar refractivity (Wildman–Crippen MR) is 47.8 cm³/mol.